The van der Waals surface area contributed by atoms with E-state index in [0.717, 1.165) is 52.7 Å². The fraction of sp³-hybridized carbons (Fsp3) is 0.208. The molecule has 0 bridgehead atoms. The van der Waals surface area contributed by atoms with Crippen LogP contribution in [0.5, 0.6) is 17.2 Å². The Morgan fingerprint density at radius 2 is 1.67 bits per heavy atom. The summed E-state index contributed by atoms with van der Waals surface area (Å²) in [6.45, 7) is 5.77. The molecule has 0 amide bonds. The van der Waals surface area contributed by atoms with Crippen molar-refractivity contribution in [3.8, 4) is 17.2 Å². The smallest absolute Gasteiger partial charge is 0.335 e. The predicted molar refractivity (Wildman–Crippen MR) is 107 cm³/mol. The van der Waals surface area contributed by atoms with Crippen LogP contribution in [-0.4, -0.2) is 5.97 Å². The Bertz CT molecular complexity index is 1010. The molecule has 1 aliphatic carbocycles. The van der Waals surface area contributed by atoms with Gasteiger partial charge in [-0.25, -0.2) is 4.79 Å². The molecule has 1 unspecified atom stereocenters. The van der Waals surface area contributed by atoms with Crippen molar-refractivity contribution in [1.29, 1.82) is 0 Å². The molecule has 1 aliphatic rings. The van der Waals surface area contributed by atoms with E-state index >= 15 is 0 Å². The van der Waals surface area contributed by atoms with Gasteiger partial charge in [0.25, 0.3) is 0 Å². The maximum absolute atomic E-state index is 12.0. The summed E-state index contributed by atoms with van der Waals surface area (Å²) in [5.41, 5.74) is 2.22. The number of carbonyl (C=O) groups excluding carboxylic acids is 1. The first-order chi connectivity index (χ1) is 13.2. The molecule has 0 aliphatic heterocycles. The van der Waals surface area contributed by atoms with E-state index in [0.29, 0.717) is 11.7 Å². The van der Waals surface area contributed by atoms with E-state index in [1.54, 1.807) is 0 Å². The molecule has 0 heterocycles. The van der Waals surface area contributed by atoms with E-state index in [4.69, 9.17) is 9.47 Å². The fourth-order valence-electron chi connectivity index (χ4n) is 3.78. The number of esters is 1. The van der Waals surface area contributed by atoms with Gasteiger partial charge in [0, 0.05) is 28.0 Å². The highest BCUT2D eigenvalue weighted by Gasteiger charge is 2.27. The average Bonchev–Trinajstić information content (AvgIpc) is 2.71. The van der Waals surface area contributed by atoms with Gasteiger partial charge in [0.2, 0.25) is 0 Å². The highest BCUT2D eigenvalue weighted by atomic mass is 16.5. The Labute approximate surface area is 159 Å². The van der Waals surface area contributed by atoms with Gasteiger partial charge in [-0.05, 0) is 37.3 Å². The van der Waals surface area contributed by atoms with Crippen LogP contribution < -0.4 is 9.47 Å². The van der Waals surface area contributed by atoms with Crippen molar-refractivity contribution in [1.82, 2.24) is 0 Å². The van der Waals surface area contributed by atoms with E-state index < -0.39 is 5.97 Å². The third-order valence-corrected chi connectivity index (χ3v) is 5.10. The van der Waals surface area contributed by atoms with E-state index in [1.165, 1.54) is 6.08 Å². The number of para-hydroxylation sites is 1. The number of hydrogen-bond donors (Lipinski definition) is 0. The van der Waals surface area contributed by atoms with Crippen molar-refractivity contribution in [2.75, 3.05) is 0 Å². The molecule has 0 fully saturated rings. The van der Waals surface area contributed by atoms with E-state index in [1.807, 2.05) is 54.6 Å². The van der Waals surface area contributed by atoms with Gasteiger partial charge in [0.15, 0.2) is 0 Å². The largest absolute Gasteiger partial charge is 0.456 e. The van der Waals surface area contributed by atoms with Crippen LogP contribution in [0.2, 0.25) is 0 Å². The van der Waals surface area contributed by atoms with Crippen LogP contribution in [0.4, 0.5) is 0 Å². The number of carbonyl (C=O) groups is 1. The molecule has 4 rings (SSSR count). The van der Waals surface area contributed by atoms with Crippen molar-refractivity contribution in [3.63, 3.8) is 0 Å². The van der Waals surface area contributed by atoms with E-state index in [9.17, 15) is 4.79 Å². The molecular formula is C24H22O3. The quantitative estimate of drug-likeness (QED) is 0.333. The van der Waals surface area contributed by atoms with Crippen LogP contribution in [0, 0.1) is 5.92 Å². The third-order valence-electron chi connectivity index (χ3n) is 5.10. The molecule has 0 radical (unpaired) electrons. The molecule has 0 saturated heterocycles. The highest BCUT2D eigenvalue weighted by Crippen LogP contribution is 2.46. The highest BCUT2D eigenvalue weighted by molar-refractivity contribution is 5.98. The Balaban J connectivity index is 1.96. The lowest BCUT2D eigenvalue weighted by atomic mass is 9.82. The van der Waals surface area contributed by atoms with Crippen molar-refractivity contribution in [2.45, 2.75) is 26.2 Å². The Hall–Kier alpha value is -3.07. The first-order valence-corrected chi connectivity index (χ1v) is 9.31. The molecule has 0 N–H and O–H groups in total. The molecule has 3 nitrogen and oxygen atoms in total. The second-order valence-electron chi connectivity index (χ2n) is 7.05. The normalized spacial score (nSPS) is 15.8. The van der Waals surface area contributed by atoms with Crippen LogP contribution in [0.15, 0.2) is 67.3 Å². The molecule has 3 heteroatoms. The Morgan fingerprint density at radius 3 is 2.37 bits per heavy atom. The third kappa shape index (κ3) is 3.33. The van der Waals surface area contributed by atoms with Gasteiger partial charge in [-0.1, -0.05) is 56.0 Å². The van der Waals surface area contributed by atoms with E-state index in [2.05, 4.69) is 13.5 Å². The summed E-state index contributed by atoms with van der Waals surface area (Å²) in [5.74, 6) is 2.43. The van der Waals surface area contributed by atoms with Crippen LogP contribution in [0.25, 0.3) is 10.8 Å². The van der Waals surface area contributed by atoms with Crippen LogP contribution in [0.3, 0.4) is 0 Å². The molecule has 3 aromatic carbocycles. The molecule has 0 spiro atoms. The number of ether oxygens (including phenoxy) is 2. The number of hydrogen-bond acceptors (Lipinski definition) is 3. The second kappa shape index (κ2) is 7.28. The molecule has 1 atom stereocenters. The van der Waals surface area contributed by atoms with Crippen LogP contribution in [-0.2, 0) is 17.6 Å². The van der Waals surface area contributed by atoms with Gasteiger partial charge in [0.1, 0.15) is 17.2 Å². The Kier molecular flexibility index (Phi) is 4.68. The first kappa shape index (κ1) is 17.3. The van der Waals surface area contributed by atoms with Gasteiger partial charge in [-0.15, -0.1) is 0 Å². The number of fused-ring (bicyclic) bond motifs is 2. The molecular weight excluding hydrogens is 336 g/mol. The fourth-order valence-corrected chi connectivity index (χ4v) is 3.78. The summed E-state index contributed by atoms with van der Waals surface area (Å²) in [6, 6.07) is 17.8. The van der Waals surface area contributed by atoms with Crippen molar-refractivity contribution < 1.29 is 14.3 Å². The summed E-state index contributed by atoms with van der Waals surface area (Å²) in [4.78, 5) is 12.0. The molecule has 0 saturated carbocycles. The molecule has 136 valence electrons. The van der Waals surface area contributed by atoms with Crippen molar-refractivity contribution in [3.05, 3.63) is 78.4 Å². The second-order valence-corrected chi connectivity index (χ2v) is 7.05. The number of rotatable bonds is 4. The van der Waals surface area contributed by atoms with Gasteiger partial charge < -0.3 is 9.47 Å². The van der Waals surface area contributed by atoms with Crippen molar-refractivity contribution >= 4 is 16.7 Å². The lowest BCUT2D eigenvalue weighted by Crippen LogP contribution is -2.16. The first-order valence-electron chi connectivity index (χ1n) is 9.31. The monoisotopic (exact) mass is 358 g/mol. The molecule has 0 aromatic heterocycles. The van der Waals surface area contributed by atoms with Crippen LogP contribution in [0.1, 0.15) is 24.5 Å². The molecule has 3 aromatic rings. The minimum absolute atomic E-state index is 0.433. The summed E-state index contributed by atoms with van der Waals surface area (Å²) in [6.07, 6.45) is 4.07. The summed E-state index contributed by atoms with van der Waals surface area (Å²) in [7, 11) is 0. The van der Waals surface area contributed by atoms with Gasteiger partial charge >= 0.3 is 5.97 Å². The summed E-state index contributed by atoms with van der Waals surface area (Å²) in [5, 5.41) is 1.85. The zero-order valence-electron chi connectivity index (χ0n) is 15.4. The lowest BCUT2D eigenvalue weighted by Gasteiger charge is -2.27. The van der Waals surface area contributed by atoms with Crippen LogP contribution >= 0.6 is 0 Å². The van der Waals surface area contributed by atoms with Gasteiger partial charge in [-0.2, -0.15) is 0 Å². The standard InChI is InChI=1S/C24H22O3/c1-3-22(25)27-24-19-12-8-7-11-18(19)23(26-17-9-5-4-6-10-17)20-14-13-16(2)15-21(20)24/h3-12,16H,1,13-15H2,2H3. The maximum atomic E-state index is 12.0. The average molecular weight is 358 g/mol. The minimum Gasteiger partial charge on any atom is -0.456 e. The molecule has 27 heavy (non-hydrogen) atoms. The number of benzene rings is 3. The minimum atomic E-state index is -0.433. The maximum Gasteiger partial charge on any atom is 0.335 e. The lowest BCUT2D eigenvalue weighted by molar-refractivity contribution is -0.128. The van der Waals surface area contributed by atoms with E-state index in [-0.39, 0.29) is 0 Å². The van der Waals surface area contributed by atoms with Gasteiger partial charge in [0.05, 0.1) is 0 Å². The topological polar surface area (TPSA) is 35.5 Å². The summed E-state index contributed by atoms with van der Waals surface area (Å²) < 4.78 is 12.1. The SMILES string of the molecule is C=CC(=O)Oc1c2c(c(Oc3ccccc3)c3ccccc13)CCC(C)C2. The Morgan fingerprint density at radius 1 is 1.00 bits per heavy atom. The zero-order chi connectivity index (χ0) is 18.8. The predicted octanol–water partition coefficient (Wildman–Crippen LogP) is 5.85. The zero-order valence-corrected chi connectivity index (χ0v) is 15.4. The van der Waals surface area contributed by atoms with Crippen molar-refractivity contribution in [2.24, 2.45) is 5.92 Å². The summed E-state index contributed by atoms with van der Waals surface area (Å²) >= 11 is 0. The van der Waals surface area contributed by atoms with Gasteiger partial charge in [-0.3, -0.25) is 0 Å².